The molecule has 0 aliphatic carbocycles. The van der Waals surface area contributed by atoms with Gasteiger partial charge in [0, 0.05) is 15.5 Å². The summed E-state index contributed by atoms with van der Waals surface area (Å²) in [7, 11) is 0. The summed E-state index contributed by atoms with van der Waals surface area (Å²) in [6.45, 7) is 3.76. The highest BCUT2D eigenvalue weighted by atomic mass is 79.9. The maximum absolute atomic E-state index is 9.44. The van der Waals surface area contributed by atoms with Crippen molar-refractivity contribution in [3.05, 3.63) is 63.5 Å². The van der Waals surface area contributed by atoms with Crippen LogP contribution in [0.25, 0.3) is 27.6 Å². The first kappa shape index (κ1) is 16.3. The fourth-order valence-electron chi connectivity index (χ4n) is 3.29. The number of hydrogen-bond acceptors (Lipinski definition) is 4. The Balaban J connectivity index is 2.15. The standard InChI is InChI=1S/C20H12BrN5/c1-11-5-15(6-13(8-22)17(11)9-23)26-12(2)25-19-10-24-18-4-3-14(21)7-16(18)20(19)26/h3-7,10H,1-2H3. The zero-order chi connectivity index (χ0) is 18.4. The highest BCUT2D eigenvalue weighted by Gasteiger charge is 2.16. The maximum atomic E-state index is 9.44. The van der Waals surface area contributed by atoms with Gasteiger partial charge in [-0.05, 0) is 49.7 Å². The summed E-state index contributed by atoms with van der Waals surface area (Å²) in [6, 6.07) is 13.8. The molecule has 26 heavy (non-hydrogen) atoms. The zero-order valence-electron chi connectivity index (χ0n) is 14.1. The van der Waals surface area contributed by atoms with Crippen LogP contribution >= 0.6 is 15.9 Å². The molecule has 4 rings (SSSR count). The molecule has 2 aromatic carbocycles. The average Bonchev–Trinajstić information content (AvgIpc) is 2.97. The second-order valence-corrected chi connectivity index (χ2v) is 6.97. The summed E-state index contributed by atoms with van der Waals surface area (Å²) in [4.78, 5) is 9.12. The van der Waals surface area contributed by atoms with Crippen LogP contribution in [0.2, 0.25) is 0 Å². The number of pyridine rings is 1. The summed E-state index contributed by atoms with van der Waals surface area (Å²) in [5.41, 5.74) is 4.94. The van der Waals surface area contributed by atoms with E-state index in [1.165, 1.54) is 0 Å². The number of nitrogens with zero attached hydrogens (tertiary/aromatic N) is 5. The lowest BCUT2D eigenvalue weighted by Crippen LogP contribution is -2.01. The van der Waals surface area contributed by atoms with Gasteiger partial charge >= 0.3 is 0 Å². The Morgan fingerprint density at radius 3 is 2.58 bits per heavy atom. The summed E-state index contributed by atoms with van der Waals surface area (Å²) in [6.07, 6.45) is 1.76. The van der Waals surface area contributed by atoms with Gasteiger partial charge in [0.1, 0.15) is 23.5 Å². The third-order valence-corrected chi connectivity index (χ3v) is 4.92. The van der Waals surface area contributed by atoms with Gasteiger partial charge in [0.15, 0.2) is 0 Å². The molecule has 0 atom stereocenters. The summed E-state index contributed by atoms with van der Waals surface area (Å²) in [5, 5.41) is 19.7. The van der Waals surface area contributed by atoms with Gasteiger partial charge in [-0.2, -0.15) is 10.5 Å². The number of hydrogen-bond donors (Lipinski definition) is 0. The van der Waals surface area contributed by atoms with Gasteiger partial charge in [-0.15, -0.1) is 0 Å². The SMILES string of the molecule is Cc1cc(-n2c(C)nc3cnc4ccc(Br)cc4c32)cc(C#N)c1C#N. The number of fused-ring (bicyclic) bond motifs is 3. The maximum Gasteiger partial charge on any atom is 0.111 e. The van der Waals surface area contributed by atoms with E-state index in [9.17, 15) is 10.5 Å². The van der Waals surface area contributed by atoms with E-state index < -0.39 is 0 Å². The molecule has 124 valence electrons. The van der Waals surface area contributed by atoms with Gasteiger partial charge in [-0.1, -0.05) is 15.9 Å². The Hall–Kier alpha value is -3.22. The number of rotatable bonds is 1. The van der Waals surface area contributed by atoms with E-state index >= 15 is 0 Å². The Morgan fingerprint density at radius 1 is 1.04 bits per heavy atom. The minimum absolute atomic E-state index is 0.364. The van der Waals surface area contributed by atoms with Crippen LogP contribution in [0.4, 0.5) is 0 Å². The summed E-state index contributed by atoms with van der Waals surface area (Å²) in [5.74, 6) is 0.794. The third kappa shape index (κ3) is 2.35. The molecular weight excluding hydrogens is 390 g/mol. The highest BCUT2D eigenvalue weighted by molar-refractivity contribution is 9.10. The predicted octanol–water partition coefficient (Wildman–Crippen LogP) is 4.70. The summed E-state index contributed by atoms with van der Waals surface area (Å²) >= 11 is 3.52. The van der Waals surface area contributed by atoms with E-state index in [0.29, 0.717) is 11.1 Å². The van der Waals surface area contributed by atoms with E-state index in [4.69, 9.17) is 0 Å². The number of benzene rings is 2. The Kier molecular flexibility index (Phi) is 3.72. The molecule has 0 bridgehead atoms. The third-order valence-electron chi connectivity index (χ3n) is 4.42. The fraction of sp³-hybridized carbons (Fsp3) is 0.100. The lowest BCUT2D eigenvalue weighted by Gasteiger charge is -2.11. The van der Waals surface area contributed by atoms with Crippen LogP contribution in [0.3, 0.4) is 0 Å². The number of aryl methyl sites for hydroxylation is 2. The molecule has 0 aliphatic heterocycles. The monoisotopic (exact) mass is 401 g/mol. The number of imidazole rings is 1. The van der Waals surface area contributed by atoms with Crippen molar-refractivity contribution in [1.29, 1.82) is 10.5 Å². The van der Waals surface area contributed by atoms with Crippen LogP contribution < -0.4 is 0 Å². The molecule has 0 fully saturated rings. The fourth-order valence-corrected chi connectivity index (χ4v) is 3.65. The van der Waals surface area contributed by atoms with Gasteiger partial charge in [0.25, 0.3) is 0 Å². The number of nitriles is 2. The van der Waals surface area contributed by atoms with Crippen molar-refractivity contribution in [2.75, 3.05) is 0 Å². The van der Waals surface area contributed by atoms with Crippen molar-refractivity contribution in [1.82, 2.24) is 14.5 Å². The van der Waals surface area contributed by atoms with Crippen molar-refractivity contribution in [3.8, 4) is 17.8 Å². The minimum atomic E-state index is 0.364. The second-order valence-electron chi connectivity index (χ2n) is 6.06. The smallest absolute Gasteiger partial charge is 0.111 e. The van der Waals surface area contributed by atoms with Crippen molar-refractivity contribution in [3.63, 3.8) is 0 Å². The molecule has 0 unspecified atom stereocenters. The Bertz CT molecular complexity index is 1290. The molecule has 0 N–H and O–H groups in total. The molecular formula is C20H12BrN5. The molecule has 0 amide bonds. The molecule has 0 radical (unpaired) electrons. The molecule has 0 spiro atoms. The van der Waals surface area contributed by atoms with Crippen LogP contribution in [0.5, 0.6) is 0 Å². The van der Waals surface area contributed by atoms with Crippen LogP contribution in [0.15, 0.2) is 41.0 Å². The van der Waals surface area contributed by atoms with Crippen molar-refractivity contribution < 1.29 is 0 Å². The van der Waals surface area contributed by atoms with Crippen molar-refractivity contribution in [2.24, 2.45) is 0 Å². The largest absolute Gasteiger partial charge is 0.296 e. The lowest BCUT2D eigenvalue weighted by molar-refractivity contribution is 0.999. The number of aromatic nitrogens is 3. The number of halogens is 1. The van der Waals surface area contributed by atoms with Gasteiger partial charge < -0.3 is 0 Å². The van der Waals surface area contributed by atoms with E-state index in [1.807, 2.05) is 42.7 Å². The molecule has 0 aliphatic rings. The zero-order valence-corrected chi connectivity index (χ0v) is 15.7. The molecule has 6 heteroatoms. The van der Waals surface area contributed by atoms with Crippen molar-refractivity contribution in [2.45, 2.75) is 13.8 Å². The van der Waals surface area contributed by atoms with Gasteiger partial charge in [0.2, 0.25) is 0 Å². The van der Waals surface area contributed by atoms with Crippen molar-refractivity contribution >= 4 is 37.9 Å². The van der Waals surface area contributed by atoms with E-state index in [0.717, 1.165) is 43.5 Å². The first-order chi connectivity index (χ1) is 12.5. The predicted molar refractivity (Wildman–Crippen MR) is 103 cm³/mol. The summed E-state index contributed by atoms with van der Waals surface area (Å²) < 4.78 is 2.97. The molecule has 5 nitrogen and oxygen atoms in total. The van der Waals surface area contributed by atoms with Gasteiger partial charge in [-0.3, -0.25) is 9.55 Å². The van der Waals surface area contributed by atoms with E-state index in [2.05, 4.69) is 38.0 Å². The Labute approximate surface area is 158 Å². The molecule has 2 heterocycles. The topological polar surface area (TPSA) is 78.3 Å². The van der Waals surface area contributed by atoms with Crippen LogP contribution in [0, 0.1) is 36.5 Å². The first-order valence-corrected chi connectivity index (χ1v) is 8.71. The molecule has 0 saturated heterocycles. The Morgan fingerprint density at radius 2 is 1.85 bits per heavy atom. The first-order valence-electron chi connectivity index (χ1n) is 7.92. The second kappa shape index (κ2) is 5.94. The molecule has 2 aromatic heterocycles. The van der Waals surface area contributed by atoms with E-state index in [1.54, 1.807) is 12.3 Å². The van der Waals surface area contributed by atoms with Crippen LogP contribution in [0.1, 0.15) is 22.5 Å². The van der Waals surface area contributed by atoms with E-state index in [-0.39, 0.29) is 0 Å². The molecule has 0 saturated carbocycles. The molecule has 4 aromatic rings. The highest BCUT2D eigenvalue weighted by Crippen LogP contribution is 2.30. The normalized spacial score (nSPS) is 10.8. The lowest BCUT2D eigenvalue weighted by atomic mass is 10.0. The average molecular weight is 402 g/mol. The van der Waals surface area contributed by atoms with Crippen LogP contribution in [-0.4, -0.2) is 14.5 Å². The quantitative estimate of drug-likeness (QED) is 0.463. The minimum Gasteiger partial charge on any atom is -0.296 e. The van der Waals surface area contributed by atoms with Crippen LogP contribution in [-0.2, 0) is 0 Å². The van der Waals surface area contributed by atoms with Gasteiger partial charge in [-0.25, -0.2) is 4.98 Å². The van der Waals surface area contributed by atoms with Gasteiger partial charge in [0.05, 0.1) is 28.4 Å².